The predicted molar refractivity (Wildman–Crippen MR) is 133 cm³/mol. The van der Waals surface area contributed by atoms with Gasteiger partial charge in [0.25, 0.3) is 11.8 Å². The molecule has 0 atom stereocenters. The summed E-state index contributed by atoms with van der Waals surface area (Å²) in [6.45, 7) is 0. The average Bonchev–Trinajstić information content (AvgIpc) is 2.92. The number of nitrogens with zero attached hydrogens (tertiary/aromatic N) is 3. The van der Waals surface area contributed by atoms with Crippen LogP contribution in [0.4, 0.5) is 0 Å². The summed E-state index contributed by atoms with van der Waals surface area (Å²) in [5, 5.41) is 7.86. The van der Waals surface area contributed by atoms with Gasteiger partial charge in [-0.1, -0.05) is 6.07 Å². The molecule has 3 aromatic rings. The SMILES string of the molecule is COc1ccc(/C=N\NC(=O)c2cccc(C(=O)N/N=C\c3ccc(OC)c(OC)c3)n2)cc1OC. The Bertz CT molecular complexity index is 1200. The number of rotatable bonds is 10. The molecule has 11 nitrogen and oxygen atoms in total. The fraction of sp³-hybridized carbons (Fsp3) is 0.160. The molecule has 2 N–H and O–H groups in total. The monoisotopic (exact) mass is 491 g/mol. The largest absolute Gasteiger partial charge is 0.493 e. The van der Waals surface area contributed by atoms with Gasteiger partial charge in [0.15, 0.2) is 23.0 Å². The Morgan fingerprint density at radius 2 is 1.08 bits per heavy atom. The first-order valence-corrected chi connectivity index (χ1v) is 10.6. The Morgan fingerprint density at radius 1 is 0.667 bits per heavy atom. The van der Waals surface area contributed by atoms with Crippen LogP contribution in [0.5, 0.6) is 23.0 Å². The van der Waals surface area contributed by atoms with Crippen LogP contribution < -0.4 is 29.8 Å². The van der Waals surface area contributed by atoms with Crippen molar-refractivity contribution in [3.8, 4) is 23.0 Å². The first-order valence-electron chi connectivity index (χ1n) is 10.6. The molecule has 1 aromatic heterocycles. The smallest absolute Gasteiger partial charge is 0.289 e. The predicted octanol–water partition coefficient (Wildman–Crippen LogP) is 2.64. The molecule has 36 heavy (non-hydrogen) atoms. The first kappa shape index (κ1) is 25.7. The standard InChI is InChI=1S/C25H25N5O6/c1-33-20-10-8-16(12-22(20)35-3)14-26-29-24(31)18-6-5-7-19(28-18)25(32)30-27-15-17-9-11-21(34-2)23(13-17)36-4/h5-15H,1-4H3,(H,29,31)(H,30,32)/b26-14-,27-15-. The molecule has 0 fully saturated rings. The van der Waals surface area contributed by atoms with E-state index < -0.39 is 11.8 Å². The lowest BCUT2D eigenvalue weighted by Crippen LogP contribution is -2.23. The fourth-order valence-corrected chi connectivity index (χ4v) is 3.00. The lowest BCUT2D eigenvalue weighted by molar-refractivity contribution is 0.0945. The average molecular weight is 492 g/mol. The van der Waals surface area contributed by atoms with Gasteiger partial charge < -0.3 is 18.9 Å². The minimum Gasteiger partial charge on any atom is -0.493 e. The van der Waals surface area contributed by atoms with Crippen LogP contribution in [-0.4, -0.2) is 57.7 Å². The molecule has 0 saturated heterocycles. The fourth-order valence-electron chi connectivity index (χ4n) is 3.00. The molecule has 2 aromatic carbocycles. The summed E-state index contributed by atoms with van der Waals surface area (Å²) in [5.41, 5.74) is 6.14. The van der Waals surface area contributed by atoms with Crippen molar-refractivity contribution in [3.63, 3.8) is 0 Å². The van der Waals surface area contributed by atoms with Crippen LogP contribution in [0.2, 0.25) is 0 Å². The number of methoxy groups -OCH3 is 4. The summed E-state index contributed by atoms with van der Waals surface area (Å²) in [5.74, 6) is 1.03. The molecular weight excluding hydrogens is 466 g/mol. The molecule has 3 rings (SSSR count). The number of aromatic nitrogens is 1. The highest BCUT2D eigenvalue weighted by molar-refractivity contribution is 5.97. The molecule has 11 heteroatoms. The second-order valence-electron chi connectivity index (χ2n) is 7.04. The maximum atomic E-state index is 12.4. The number of carbonyl (C=O) groups excluding carboxylic acids is 2. The number of pyridine rings is 1. The highest BCUT2D eigenvalue weighted by Crippen LogP contribution is 2.27. The number of hydrogen-bond donors (Lipinski definition) is 2. The van der Waals surface area contributed by atoms with Crippen molar-refractivity contribution in [3.05, 3.63) is 77.1 Å². The van der Waals surface area contributed by atoms with Crippen molar-refractivity contribution in [1.29, 1.82) is 0 Å². The normalized spacial score (nSPS) is 10.8. The Kier molecular flexibility index (Phi) is 8.93. The molecule has 0 aliphatic heterocycles. The quantitative estimate of drug-likeness (QED) is 0.329. The molecular formula is C25H25N5O6. The van der Waals surface area contributed by atoms with Gasteiger partial charge in [-0.15, -0.1) is 0 Å². The number of hydrogen-bond acceptors (Lipinski definition) is 9. The van der Waals surface area contributed by atoms with Crippen LogP contribution in [0.15, 0.2) is 64.8 Å². The molecule has 0 spiro atoms. The van der Waals surface area contributed by atoms with Crippen LogP contribution >= 0.6 is 0 Å². The van der Waals surface area contributed by atoms with E-state index >= 15 is 0 Å². The van der Waals surface area contributed by atoms with E-state index in [9.17, 15) is 9.59 Å². The van der Waals surface area contributed by atoms with Gasteiger partial charge in [0.1, 0.15) is 11.4 Å². The number of benzene rings is 2. The molecule has 0 aliphatic rings. The van der Waals surface area contributed by atoms with Crippen molar-refractivity contribution in [2.24, 2.45) is 10.2 Å². The van der Waals surface area contributed by atoms with Gasteiger partial charge in [0.2, 0.25) is 0 Å². The van der Waals surface area contributed by atoms with Gasteiger partial charge in [-0.3, -0.25) is 9.59 Å². The van der Waals surface area contributed by atoms with E-state index in [0.29, 0.717) is 34.1 Å². The van der Waals surface area contributed by atoms with Crippen molar-refractivity contribution in [2.45, 2.75) is 0 Å². The lowest BCUT2D eigenvalue weighted by Gasteiger charge is -2.07. The summed E-state index contributed by atoms with van der Waals surface area (Å²) in [4.78, 5) is 28.9. The van der Waals surface area contributed by atoms with E-state index in [1.807, 2.05) is 0 Å². The topological polar surface area (TPSA) is 133 Å². The second-order valence-corrected chi connectivity index (χ2v) is 7.04. The number of carbonyl (C=O) groups is 2. The van der Waals surface area contributed by atoms with Gasteiger partial charge in [0, 0.05) is 0 Å². The van der Waals surface area contributed by atoms with Crippen LogP contribution in [0.1, 0.15) is 32.1 Å². The Balaban J connectivity index is 1.61. The van der Waals surface area contributed by atoms with Crippen molar-refractivity contribution < 1.29 is 28.5 Å². The van der Waals surface area contributed by atoms with Crippen LogP contribution in [0.25, 0.3) is 0 Å². The molecule has 0 radical (unpaired) electrons. The van der Waals surface area contributed by atoms with E-state index in [4.69, 9.17) is 18.9 Å². The molecule has 0 saturated carbocycles. The zero-order valence-electron chi connectivity index (χ0n) is 20.1. The van der Waals surface area contributed by atoms with Crippen molar-refractivity contribution >= 4 is 24.2 Å². The number of hydrazone groups is 2. The zero-order chi connectivity index (χ0) is 25.9. The maximum Gasteiger partial charge on any atom is 0.289 e. The van der Waals surface area contributed by atoms with Crippen LogP contribution in [0, 0.1) is 0 Å². The molecule has 0 unspecified atom stereocenters. The highest BCUT2D eigenvalue weighted by atomic mass is 16.5. The Morgan fingerprint density at radius 3 is 1.47 bits per heavy atom. The van der Waals surface area contributed by atoms with Crippen molar-refractivity contribution in [1.82, 2.24) is 15.8 Å². The minimum atomic E-state index is -0.588. The number of amides is 2. The third-order valence-electron chi connectivity index (χ3n) is 4.79. The van der Waals surface area contributed by atoms with E-state index in [-0.39, 0.29) is 11.4 Å². The zero-order valence-corrected chi connectivity index (χ0v) is 20.1. The second kappa shape index (κ2) is 12.5. The van der Waals surface area contributed by atoms with E-state index in [1.54, 1.807) is 36.4 Å². The summed E-state index contributed by atoms with van der Waals surface area (Å²) < 4.78 is 20.9. The van der Waals surface area contributed by atoms with Gasteiger partial charge in [0.05, 0.1) is 40.9 Å². The molecule has 186 valence electrons. The summed E-state index contributed by atoms with van der Waals surface area (Å²) in [6.07, 6.45) is 2.89. The Labute approximate surface area is 207 Å². The van der Waals surface area contributed by atoms with Gasteiger partial charge >= 0.3 is 0 Å². The molecule has 0 aliphatic carbocycles. The Hall–Kier alpha value is -4.93. The maximum absolute atomic E-state index is 12.4. The van der Waals surface area contributed by atoms with Gasteiger partial charge in [-0.25, -0.2) is 15.8 Å². The first-order chi connectivity index (χ1) is 17.5. The lowest BCUT2D eigenvalue weighted by atomic mass is 10.2. The minimum absolute atomic E-state index is 0.0102. The van der Waals surface area contributed by atoms with Crippen molar-refractivity contribution in [2.75, 3.05) is 28.4 Å². The van der Waals surface area contributed by atoms with Crippen LogP contribution in [-0.2, 0) is 0 Å². The highest BCUT2D eigenvalue weighted by Gasteiger charge is 2.12. The van der Waals surface area contributed by atoms with E-state index in [2.05, 4.69) is 26.0 Å². The number of ether oxygens (including phenoxy) is 4. The third-order valence-corrected chi connectivity index (χ3v) is 4.79. The van der Waals surface area contributed by atoms with Gasteiger partial charge in [-0.05, 0) is 59.7 Å². The number of nitrogens with one attached hydrogen (secondary N) is 2. The van der Waals surface area contributed by atoms with Gasteiger partial charge in [-0.2, -0.15) is 10.2 Å². The summed E-state index contributed by atoms with van der Waals surface area (Å²) in [6, 6.07) is 14.8. The molecule has 0 bridgehead atoms. The van der Waals surface area contributed by atoms with E-state index in [0.717, 1.165) is 0 Å². The van der Waals surface area contributed by atoms with Crippen LogP contribution in [0.3, 0.4) is 0 Å². The third kappa shape index (κ3) is 6.56. The molecule has 2 amide bonds. The summed E-state index contributed by atoms with van der Waals surface area (Å²) >= 11 is 0. The van der Waals surface area contributed by atoms with E-state index in [1.165, 1.54) is 59.1 Å². The summed E-state index contributed by atoms with van der Waals surface area (Å²) in [7, 11) is 6.13. The molecule has 1 heterocycles.